The fourth-order valence-corrected chi connectivity index (χ4v) is 3.23. The van der Waals surface area contributed by atoms with E-state index in [0.29, 0.717) is 17.6 Å². The van der Waals surface area contributed by atoms with E-state index in [1.807, 2.05) is 0 Å². The minimum atomic E-state index is 0.219. The van der Waals surface area contributed by atoms with Gasteiger partial charge in [0.05, 0.1) is 6.10 Å². The topological polar surface area (TPSA) is 21.3 Å². The third-order valence-corrected chi connectivity index (χ3v) is 4.06. The van der Waals surface area contributed by atoms with Crippen molar-refractivity contribution < 1.29 is 4.74 Å². The Balaban J connectivity index is 2.02. The van der Waals surface area contributed by atoms with E-state index in [2.05, 4.69) is 50.5 Å². The van der Waals surface area contributed by atoms with Gasteiger partial charge in [-0.3, -0.25) is 0 Å². The second-order valence-corrected chi connectivity index (χ2v) is 7.14. The highest BCUT2D eigenvalue weighted by Gasteiger charge is 2.31. The summed E-state index contributed by atoms with van der Waals surface area (Å²) in [6, 6.07) is 4.68. The first-order valence-corrected chi connectivity index (χ1v) is 7.26. The first-order chi connectivity index (χ1) is 7.96. The zero-order chi connectivity index (χ0) is 12.5. The van der Waals surface area contributed by atoms with Gasteiger partial charge in [-0.05, 0) is 30.2 Å². The van der Waals surface area contributed by atoms with Crippen molar-refractivity contribution in [1.29, 1.82) is 0 Å². The molecule has 2 nitrogen and oxygen atoms in total. The van der Waals surface area contributed by atoms with Crippen LogP contribution in [0.3, 0.4) is 0 Å². The van der Waals surface area contributed by atoms with Crippen molar-refractivity contribution in [1.82, 2.24) is 5.32 Å². The fourth-order valence-electron chi connectivity index (χ4n) is 2.37. The van der Waals surface area contributed by atoms with Gasteiger partial charge < -0.3 is 10.1 Å². The predicted octanol–water partition coefficient (Wildman–Crippen LogP) is 3.60. The van der Waals surface area contributed by atoms with E-state index >= 15 is 0 Å². The highest BCUT2D eigenvalue weighted by atomic mass is 32.1. The molecule has 0 amide bonds. The Bertz CT molecular complexity index is 342. The summed E-state index contributed by atoms with van der Waals surface area (Å²) in [5.41, 5.74) is 0.326. The van der Waals surface area contributed by atoms with Crippen molar-refractivity contribution in [3.8, 4) is 0 Å². The Hall–Kier alpha value is -0.380. The molecule has 1 aliphatic rings. The van der Waals surface area contributed by atoms with Crippen LogP contribution in [0.2, 0.25) is 0 Å². The van der Waals surface area contributed by atoms with Gasteiger partial charge in [-0.1, -0.05) is 26.8 Å². The van der Waals surface area contributed by atoms with Crippen molar-refractivity contribution in [2.24, 2.45) is 5.41 Å². The highest BCUT2D eigenvalue weighted by Crippen LogP contribution is 2.33. The van der Waals surface area contributed by atoms with Crippen LogP contribution in [0.1, 0.15) is 45.1 Å². The summed E-state index contributed by atoms with van der Waals surface area (Å²) in [7, 11) is 0. The van der Waals surface area contributed by atoms with Crippen LogP contribution in [0.5, 0.6) is 0 Å². The Kier molecular flexibility index (Phi) is 3.91. The molecule has 1 aliphatic heterocycles. The molecule has 3 heteroatoms. The lowest BCUT2D eigenvalue weighted by atomic mass is 9.88. The van der Waals surface area contributed by atoms with Crippen molar-refractivity contribution in [3.05, 3.63) is 22.4 Å². The Morgan fingerprint density at radius 3 is 2.82 bits per heavy atom. The summed E-state index contributed by atoms with van der Waals surface area (Å²) in [6.45, 7) is 10.00. The van der Waals surface area contributed by atoms with Gasteiger partial charge in [0.25, 0.3) is 0 Å². The molecule has 0 saturated carbocycles. The monoisotopic (exact) mass is 253 g/mol. The average Bonchev–Trinajstić information content (AvgIpc) is 2.72. The molecule has 0 aromatic carbocycles. The van der Waals surface area contributed by atoms with Gasteiger partial charge in [0.1, 0.15) is 6.10 Å². The minimum absolute atomic E-state index is 0.219. The lowest BCUT2D eigenvalue weighted by Crippen LogP contribution is -2.47. The summed E-state index contributed by atoms with van der Waals surface area (Å²) in [5.74, 6) is 0. The van der Waals surface area contributed by atoms with Crippen molar-refractivity contribution in [3.63, 3.8) is 0 Å². The third-order valence-electron chi connectivity index (χ3n) is 3.12. The highest BCUT2D eigenvalue weighted by molar-refractivity contribution is 7.10. The molecule has 1 aromatic rings. The molecular formula is C14H23NOS. The molecule has 2 rings (SSSR count). The number of morpholine rings is 1. The summed E-state index contributed by atoms with van der Waals surface area (Å²) < 4.78 is 6.27. The summed E-state index contributed by atoms with van der Waals surface area (Å²) >= 11 is 1.79. The smallest absolute Gasteiger partial charge is 0.107 e. The molecule has 96 valence electrons. The molecule has 1 aromatic heterocycles. The minimum Gasteiger partial charge on any atom is -0.366 e. The summed E-state index contributed by atoms with van der Waals surface area (Å²) in [4.78, 5) is 1.34. The van der Waals surface area contributed by atoms with Crippen LogP contribution in [-0.4, -0.2) is 18.7 Å². The molecule has 3 atom stereocenters. The van der Waals surface area contributed by atoms with Gasteiger partial charge in [0, 0.05) is 17.5 Å². The second kappa shape index (κ2) is 5.09. The van der Waals surface area contributed by atoms with Crippen molar-refractivity contribution in [2.45, 2.75) is 52.4 Å². The van der Waals surface area contributed by atoms with E-state index in [4.69, 9.17) is 4.74 Å². The lowest BCUT2D eigenvalue weighted by molar-refractivity contribution is -0.0739. The maximum Gasteiger partial charge on any atom is 0.107 e. The predicted molar refractivity (Wildman–Crippen MR) is 73.5 cm³/mol. The van der Waals surface area contributed by atoms with E-state index < -0.39 is 0 Å². The molecule has 0 radical (unpaired) electrons. The number of rotatable bonds is 2. The summed E-state index contributed by atoms with van der Waals surface area (Å²) in [5, 5.41) is 5.70. The standard InChI is InChI=1S/C14H23NOS/c1-10-13(12-6-5-7-17-12)16-11(9-15-10)8-14(2,3)4/h5-7,10-11,13,15H,8-9H2,1-4H3. The average molecular weight is 253 g/mol. The number of ether oxygens (including phenoxy) is 1. The first-order valence-electron chi connectivity index (χ1n) is 6.38. The zero-order valence-corrected chi connectivity index (χ0v) is 12.0. The zero-order valence-electron chi connectivity index (χ0n) is 11.2. The Morgan fingerprint density at radius 2 is 2.24 bits per heavy atom. The van der Waals surface area contributed by atoms with Crippen molar-refractivity contribution in [2.75, 3.05) is 6.54 Å². The molecule has 1 fully saturated rings. The van der Waals surface area contributed by atoms with Crippen LogP contribution < -0.4 is 5.32 Å². The van der Waals surface area contributed by atoms with Crippen LogP contribution in [0.15, 0.2) is 17.5 Å². The molecule has 1 saturated heterocycles. The van der Waals surface area contributed by atoms with Gasteiger partial charge >= 0.3 is 0 Å². The second-order valence-electron chi connectivity index (χ2n) is 6.16. The maximum absolute atomic E-state index is 6.27. The molecule has 1 N–H and O–H groups in total. The molecule has 2 heterocycles. The van der Waals surface area contributed by atoms with Gasteiger partial charge in [0.15, 0.2) is 0 Å². The Morgan fingerprint density at radius 1 is 1.47 bits per heavy atom. The van der Waals surface area contributed by atoms with E-state index in [0.717, 1.165) is 13.0 Å². The van der Waals surface area contributed by atoms with E-state index in [1.165, 1.54) is 4.88 Å². The molecular weight excluding hydrogens is 230 g/mol. The van der Waals surface area contributed by atoms with Crippen molar-refractivity contribution >= 4 is 11.3 Å². The quantitative estimate of drug-likeness (QED) is 0.869. The fraction of sp³-hybridized carbons (Fsp3) is 0.714. The van der Waals surface area contributed by atoms with Crippen LogP contribution in [0, 0.1) is 5.41 Å². The largest absolute Gasteiger partial charge is 0.366 e. The van der Waals surface area contributed by atoms with Gasteiger partial charge in [0.2, 0.25) is 0 Å². The number of thiophene rings is 1. The van der Waals surface area contributed by atoms with E-state index in [9.17, 15) is 0 Å². The molecule has 0 aliphatic carbocycles. The Labute approximate surface area is 108 Å². The molecule has 3 unspecified atom stereocenters. The summed E-state index contributed by atoms with van der Waals surface area (Å²) in [6.07, 6.45) is 1.66. The van der Waals surface area contributed by atoms with E-state index in [-0.39, 0.29) is 6.10 Å². The van der Waals surface area contributed by atoms with Gasteiger partial charge in [-0.2, -0.15) is 0 Å². The molecule has 0 spiro atoms. The van der Waals surface area contributed by atoms with Crippen LogP contribution in [0.25, 0.3) is 0 Å². The first kappa shape index (κ1) is 13.1. The normalized spacial score (nSPS) is 30.5. The molecule has 0 bridgehead atoms. The third kappa shape index (κ3) is 3.54. The number of hydrogen-bond donors (Lipinski definition) is 1. The van der Waals surface area contributed by atoms with Gasteiger partial charge in [-0.15, -0.1) is 11.3 Å². The van der Waals surface area contributed by atoms with Crippen LogP contribution in [0.4, 0.5) is 0 Å². The number of nitrogens with one attached hydrogen (secondary N) is 1. The number of hydrogen-bond acceptors (Lipinski definition) is 3. The van der Waals surface area contributed by atoms with E-state index in [1.54, 1.807) is 11.3 Å². The van der Waals surface area contributed by atoms with Gasteiger partial charge in [-0.25, -0.2) is 0 Å². The lowest BCUT2D eigenvalue weighted by Gasteiger charge is -2.38. The molecule has 17 heavy (non-hydrogen) atoms. The SMILES string of the molecule is CC1NCC(CC(C)(C)C)OC1c1cccs1. The van der Waals surface area contributed by atoms with Crippen LogP contribution in [-0.2, 0) is 4.74 Å². The van der Waals surface area contributed by atoms with Crippen LogP contribution >= 0.6 is 11.3 Å². The maximum atomic E-state index is 6.27.